The van der Waals surface area contributed by atoms with Gasteiger partial charge in [-0.1, -0.05) is 6.92 Å². The van der Waals surface area contributed by atoms with E-state index >= 15 is 0 Å². The second-order valence-corrected chi connectivity index (χ2v) is 6.53. The zero-order valence-corrected chi connectivity index (χ0v) is 12.5. The van der Waals surface area contributed by atoms with Gasteiger partial charge in [0.1, 0.15) is 6.10 Å². The predicted molar refractivity (Wildman–Crippen MR) is 75.2 cm³/mol. The lowest BCUT2D eigenvalue weighted by Crippen LogP contribution is -2.22. The number of thioether (sulfide) groups is 1. The number of aliphatic hydroxyl groups excluding tert-OH is 1. The Kier molecular flexibility index (Phi) is 4.94. The maximum absolute atomic E-state index is 10.5. The Morgan fingerprint density at radius 2 is 2.53 bits per heavy atom. The fourth-order valence-corrected chi connectivity index (χ4v) is 4.01. The second-order valence-electron chi connectivity index (χ2n) is 4.52. The van der Waals surface area contributed by atoms with E-state index in [2.05, 4.69) is 28.0 Å². The van der Waals surface area contributed by atoms with Gasteiger partial charge in [0.25, 0.3) is 0 Å². The van der Waals surface area contributed by atoms with Crippen LogP contribution >= 0.6 is 27.7 Å². The van der Waals surface area contributed by atoms with E-state index in [1.807, 2.05) is 16.4 Å². The van der Waals surface area contributed by atoms with Gasteiger partial charge < -0.3 is 5.11 Å². The minimum absolute atomic E-state index is 0.373. The Morgan fingerprint density at radius 3 is 3.18 bits per heavy atom. The molecule has 1 saturated heterocycles. The van der Waals surface area contributed by atoms with Crippen molar-refractivity contribution in [2.45, 2.75) is 38.8 Å². The van der Waals surface area contributed by atoms with E-state index in [0.29, 0.717) is 5.92 Å². The number of rotatable bonds is 4. The molecule has 5 heteroatoms. The quantitative estimate of drug-likeness (QED) is 0.926. The van der Waals surface area contributed by atoms with Crippen LogP contribution in [0.15, 0.2) is 10.7 Å². The van der Waals surface area contributed by atoms with Gasteiger partial charge in [0.05, 0.1) is 16.4 Å². The highest BCUT2D eigenvalue weighted by molar-refractivity contribution is 9.10. The van der Waals surface area contributed by atoms with E-state index in [4.69, 9.17) is 0 Å². The summed E-state index contributed by atoms with van der Waals surface area (Å²) >= 11 is 5.45. The first kappa shape index (κ1) is 13.4. The number of nitrogens with zero attached hydrogens (tertiary/aromatic N) is 2. The smallest absolute Gasteiger partial charge is 0.100 e. The maximum Gasteiger partial charge on any atom is 0.100 e. The van der Waals surface area contributed by atoms with Crippen LogP contribution in [-0.4, -0.2) is 26.4 Å². The summed E-state index contributed by atoms with van der Waals surface area (Å²) in [6.45, 7) is 3.00. The second kappa shape index (κ2) is 6.25. The highest BCUT2D eigenvalue weighted by Crippen LogP contribution is 2.35. The molecule has 2 heterocycles. The topological polar surface area (TPSA) is 38.0 Å². The minimum atomic E-state index is -0.383. The summed E-state index contributed by atoms with van der Waals surface area (Å²) in [6, 6.07) is 0. The summed E-state index contributed by atoms with van der Waals surface area (Å²) in [5.41, 5.74) is 0.958. The minimum Gasteiger partial charge on any atom is -0.386 e. The summed E-state index contributed by atoms with van der Waals surface area (Å²) in [4.78, 5) is 0. The van der Waals surface area contributed by atoms with Gasteiger partial charge in [0.15, 0.2) is 0 Å². The third-order valence-electron chi connectivity index (χ3n) is 3.19. The molecule has 1 N–H and O–H groups in total. The number of aromatic nitrogens is 2. The summed E-state index contributed by atoms with van der Waals surface area (Å²) in [5.74, 6) is 2.67. The highest BCUT2D eigenvalue weighted by atomic mass is 79.9. The van der Waals surface area contributed by atoms with Crippen molar-refractivity contribution in [3.8, 4) is 0 Å². The van der Waals surface area contributed by atoms with E-state index < -0.39 is 0 Å². The molecule has 96 valence electrons. The van der Waals surface area contributed by atoms with E-state index in [1.54, 1.807) is 6.20 Å². The average molecular weight is 319 g/mol. The van der Waals surface area contributed by atoms with Crippen molar-refractivity contribution in [2.75, 3.05) is 11.5 Å². The van der Waals surface area contributed by atoms with Gasteiger partial charge in [0.2, 0.25) is 0 Å². The molecule has 0 aromatic carbocycles. The third-order valence-corrected chi connectivity index (χ3v) is 5.04. The first-order valence-corrected chi connectivity index (χ1v) is 8.15. The van der Waals surface area contributed by atoms with Gasteiger partial charge in [-0.3, -0.25) is 4.68 Å². The molecule has 17 heavy (non-hydrogen) atoms. The van der Waals surface area contributed by atoms with Crippen LogP contribution in [0.1, 0.15) is 38.0 Å². The SMILES string of the molecule is CCCn1ncc(Br)c1C(O)C1CCCSC1. The van der Waals surface area contributed by atoms with Crippen molar-refractivity contribution in [1.82, 2.24) is 9.78 Å². The molecule has 2 atom stereocenters. The lowest BCUT2D eigenvalue weighted by atomic mass is 9.96. The predicted octanol–water partition coefficient (Wildman–Crippen LogP) is 3.23. The monoisotopic (exact) mass is 318 g/mol. The summed E-state index contributed by atoms with van der Waals surface area (Å²) < 4.78 is 2.88. The molecule has 2 unspecified atom stereocenters. The average Bonchev–Trinajstić information content (AvgIpc) is 2.71. The number of aliphatic hydroxyl groups is 1. The van der Waals surface area contributed by atoms with Crippen molar-refractivity contribution >= 4 is 27.7 Å². The summed E-state index contributed by atoms with van der Waals surface area (Å²) in [7, 11) is 0. The van der Waals surface area contributed by atoms with Crippen LogP contribution < -0.4 is 0 Å². The van der Waals surface area contributed by atoms with Gasteiger partial charge >= 0.3 is 0 Å². The van der Waals surface area contributed by atoms with Crippen LogP contribution in [-0.2, 0) is 6.54 Å². The molecule has 0 radical (unpaired) electrons. The molecule has 2 rings (SSSR count). The van der Waals surface area contributed by atoms with Crippen LogP contribution in [0.25, 0.3) is 0 Å². The fraction of sp³-hybridized carbons (Fsp3) is 0.750. The number of hydrogen-bond acceptors (Lipinski definition) is 3. The van der Waals surface area contributed by atoms with E-state index in [9.17, 15) is 5.11 Å². The zero-order chi connectivity index (χ0) is 12.3. The van der Waals surface area contributed by atoms with Crippen molar-refractivity contribution in [2.24, 2.45) is 5.92 Å². The van der Waals surface area contributed by atoms with Crippen LogP contribution in [0.2, 0.25) is 0 Å². The molecule has 0 amide bonds. The first-order valence-electron chi connectivity index (χ1n) is 6.21. The number of aryl methyl sites for hydroxylation is 1. The Hall–Kier alpha value is -0.0000000000000000555. The van der Waals surface area contributed by atoms with Gasteiger partial charge in [-0.25, -0.2) is 0 Å². The van der Waals surface area contributed by atoms with Crippen molar-refractivity contribution < 1.29 is 5.11 Å². The van der Waals surface area contributed by atoms with Crippen LogP contribution in [0.3, 0.4) is 0 Å². The molecule has 0 bridgehead atoms. The first-order chi connectivity index (χ1) is 8.24. The Labute approximate surface area is 115 Å². The number of halogens is 1. The molecule has 0 spiro atoms. The molecule has 3 nitrogen and oxygen atoms in total. The lowest BCUT2D eigenvalue weighted by Gasteiger charge is -2.27. The summed E-state index contributed by atoms with van der Waals surface area (Å²) in [5, 5.41) is 14.8. The lowest BCUT2D eigenvalue weighted by molar-refractivity contribution is 0.103. The molecule has 0 saturated carbocycles. The molecule has 0 aliphatic carbocycles. The Bertz CT molecular complexity index is 363. The maximum atomic E-state index is 10.5. The van der Waals surface area contributed by atoms with Gasteiger partial charge in [-0.05, 0) is 52.6 Å². The zero-order valence-electron chi connectivity index (χ0n) is 10.1. The normalized spacial score (nSPS) is 22.6. The highest BCUT2D eigenvalue weighted by Gasteiger charge is 2.27. The van der Waals surface area contributed by atoms with Gasteiger partial charge in [-0.2, -0.15) is 16.9 Å². The van der Waals surface area contributed by atoms with Crippen molar-refractivity contribution in [1.29, 1.82) is 0 Å². The van der Waals surface area contributed by atoms with Crippen molar-refractivity contribution in [3.05, 3.63) is 16.4 Å². The Balaban J connectivity index is 2.16. The van der Waals surface area contributed by atoms with E-state index in [0.717, 1.165) is 35.3 Å². The van der Waals surface area contributed by atoms with E-state index in [-0.39, 0.29) is 6.10 Å². The number of hydrogen-bond donors (Lipinski definition) is 1. The molecular weight excluding hydrogens is 300 g/mol. The molecule has 1 fully saturated rings. The van der Waals surface area contributed by atoms with Crippen molar-refractivity contribution in [3.63, 3.8) is 0 Å². The van der Waals surface area contributed by atoms with Gasteiger partial charge in [0, 0.05) is 6.54 Å². The molecule has 1 aromatic heterocycles. The van der Waals surface area contributed by atoms with Crippen LogP contribution in [0.4, 0.5) is 0 Å². The summed E-state index contributed by atoms with van der Waals surface area (Å²) in [6.07, 6.45) is 4.78. The fourth-order valence-electron chi connectivity index (χ4n) is 2.29. The van der Waals surface area contributed by atoms with Crippen LogP contribution in [0, 0.1) is 5.92 Å². The Morgan fingerprint density at radius 1 is 1.71 bits per heavy atom. The molecular formula is C12H19BrN2OS. The molecule has 1 aromatic rings. The molecule has 1 aliphatic rings. The molecule has 1 aliphatic heterocycles. The standard InChI is InChI=1S/C12H19BrN2OS/c1-2-5-15-11(10(13)7-14-15)12(16)9-4-3-6-17-8-9/h7,9,12,16H,2-6,8H2,1H3. The van der Waals surface area contributed by atoms with E-state index in [1.165, 1.54) is 12.2 Å². The largest absolute Gasteiger partial charge is 0.386 e. The van der Waals surface area contributed by atoms with Crippen LogP contribution in [0.5, 0.6) is 0 Å². The van der Waals surface area contributed by atoms with Gasteiger partial charge in [-0.15, -0.1) is 0 Å². The third kappa shape index (κ3) is 3.06.